The largest absolute Gasteiger partial charge is 0.507 e. The molecule has 1 amide bonds. The number of hydrogen-bond donors (Lipinski definition) is 1. The van der Waals surface area contributed by atoms with Crippen LogP contribution >= 0.6 is 0 Å². The fourth-order valence-corrected chi connectivity index (χ4v) is 4.04. The zero-order valence-electron chi connectivity index (χ0n) is 17.9. The Bertz CT molecular complexity index is 1080. The van der Waals surface area contributed by atoms with E-state index >= 15 is 0 Å². The zero-order chi connectivity index (χ0) is 21.5. The van der Waals surface area contributed by atoms with Gasteiger partial charge in [-0.3, -0.25) is 0 Å². The molecule has 0 atom stereocenters. The number of ether oxygens (including phenoxy) is 1. The molecule has 30 heavy (non-hydrogen) atoms. The highest BCUT2D eigenvalue weighted by Crippen LogP contribution is 2.34. The maximum absolute atomic E-state index is 12.3. The highest BCUT2D eigenvalue weighted by atomic mass is 16.6. The number of carbonyl (C=O) groups is 1. The molecule has 7 nitrogen and oxygen atoms in total. The summed E-state index contributed by atoms with van der Waals surface area (Å²) >= 11 is 0. The minimum Gasteiger partial charge on any atom is -0.507 e. The van der Waals surface area contributed by atoms with E-state index in [0.717, 1.165) is 23.9 Å². The molecular formula is C23H28N4O3. The first-order valence-electron chi connectivity index (χ1n) is 10.3. The molecular weight excluding hydrogens is 380 g/mol. The Morgan fingerprint density at radius 3 is 2.50 bits per heavy atom. The van der Waals surface area contributed by atoms with E-state index in [-0.39, 0.29) is 11.8 Å². The van der Waals surface area contributed by atoms with Gasteiger partial charge in [0.15, 0.2) is 0 Å². The minimum absolute atomic E-state index is 0.190. The van der Waals surface area contributed by atoms with Crippen LogP contribution in [0.5, 0.6) is 5.75 Å². The summed E-state index contributed by atoms with van der Waals surface area (Å²) in [5, 5.41) is 18.8. The number of phenolic OH excluding ortho intramolecular Hbond substituents is 1. The van der Waals surface area contributed by atoms with Crippen LogP contribution in [0.25, 0.3) is 22.3 Å². The molecule has 1 aliphatic heterocycles. The fraction of sp³-hybridized carbons (Fsp3) is 0.435. The predicted octanol–water partition coefficient (Wildman–Crippen LogP) is 4.46. The molecule has 2 aromatic heterocycles. The van der Waals surface area contributed by atoms with E-state index < -0.39 is 5.60 Å². The standard InChI is InChI=1S/C23H28N4O3/c1-23(2,3)30-22(29)27-11-9-15(10-12-27)19-14-18-20(26(19)4)13-17(24-25-18)16-7-5-6-8-21(16)28/h5-8,13-15,28H,9-12H2,1-4H3. The number of fused-ring (bicyclic) bond motifs is 1. The average molecular weight is 409 g/mol. The maximum Gasteiger partial charge on any atom is 0.410 e. The molecule has 0 bridgehead atoms. The third-order valence-corrected chi connectivity index (χ3v) is 5.58. The number of aromatic hydroxyl groups is 1. The van der Waals surface area contributed by atoms with E-state index in [2.05, 4.69) is 20.8 Å². The number of amides is 1. The van der Waals surface area contributed by atoms with Gasteiger partial charge in [-0.15, -0.1) is 10.2 Å². The van der Waals surface area contributed by atoms with Gasteiger partial charge in [0, 0.05) is 37.3 Å². The average Bonchev–Trinajstić information content (AvgIpc) is 3.03. The zero-order valence-corrected chi connectivity index (χ0v) is 17.9. The lowest BCUT2D eigenvalue weighted by atomic mass is 9.93. The van der Waals surface area contributed by atoms with Gasteiger partial charge in [-0.1, -0.05) is 12.1 Å². The van der Waals surface area contributed by atoms with Crippen LogP contribution in [-0.2, 0) is 11.8 Å². The summed E-state index contributed by atoms with van der Waals surface area (Å²) in [4.78, 5) is 14.1. The Morgan fingerprint density at radius 2 is 1.83 bits per heavy atom. The Morgan fingerprint density at radius 1 is 1.13 bits per heavy atom. The number of aryl methyl sites for hydroxylation is 1. The molecule has 0 spiro atoms. The van der Waals surface area contributed by atoms with Crippen molar-refractivity contribution in [3.63, 3.8) is 0 Å². The smallest absolute Gasteiger partial charge is 0.410 e. The van der Waals surface area contributed by atoms with Crippen LogP contribution in [0.1, 0.15) is 45.2 Å². The highest BCUT2D eigenvalue weighted by molar-refractivity contribution is 5.81. The predicted molar refractivity (Wildman–Crippen MR) is 115 cm³/mol. The van der Waals surface area contributed by atoms with Crippen LogP contribution in [0.2, 0.25) is 0 Å². The van der Waals surface area contributed by atoms with Crippen LogP contribution in [0.4, 0.5) is 4.79 Å². The molecule has 3 heterocycles. The van der Waals surface area contributed by atoms with Crippen LogP contribution in [0.3, 0.4) is 0 Å². The second-order valence-corrected chi connectivity index (χ2v) is 8.89. The Balaban J connectivity index is 1.54. The molecule has 7 heteroatoms. The van der Waals surface area contributed by atoms with Gasteiger partial charge in [0.25, 0.3) is 0 Å². The summed E-state index contributed by atoms with van der Waals surface area (Å²) in [5.41, 5.74) is 3.84. The van der Waals surface area contributed by atoms with Crippen molar-refractivity contribution in [1.82, 2.24) is 19.7 Å². The van der Waals surface area contributed by atoms with Crippen LogP contribution in [0.15, 0.2) is 36.4 Å². The molecule has 4 rings (SSSR count). The van der Waals surface area contributed by atoms with E-state index in [1.165, 1.54) is 5.69 Å². The number of phenols is 1. The lowest BCUT2D eigenvalue weighted by molar-refractivity contribution is 0.0203. The summed E-state index contributed by atoms with van der Waals surface area (Å²) in [5.74, 6) is 0.534. The first kappa shape index (κ1) is 20.2. The number of benzene rings is 1. The van der Waals surface area contributed by atoms with E-state index in [9.17, 15) is 9.90 Å². The quantitative estimate of drug-likeness (QED) is 0.677. The van der Waals surface area contributed by atoms with Gasteiger partial charge in [0.05, 0.1) is 11.2 Å². The summed E-state index contributed by atoms with van der Waals surface area (Å²) in [7, 11) is 2.04. The van der Waals surface area contributed by atoms with Crippen molar-refractivity contribution in [1.29, 1.82) is 0 Å². The van der Waals surface area contributed by atoms with Gasteiger partial charge < -0.3 is 19.3 Å². The van der Waals surface area contributed by atoms with Crippen molar-refractivity contribution >= 4 is 17.1 Å². The Kier molecular flexibility index (Phi) is 5.13. The Hall–Kier alpha value is -3.09. The first-order chi connectivity index (χ1) is 14.2. The fourth-order valence-electron chi connectivity index (χ4n) is 4.04. The lowest BCUT2D eigenvalue weighted by Gasteiger charge is -2.33. The number of carbonyl (C=O) groups excluding carboxylic acids is 1. The number of likely N-dealkylation sites (tertiary alicyclic amines) is 1. The molecule has 1 fully saturated rings. The van der Waals surface area contributed by atoms with E-state index in [4.69, 9.17) is 4.74 Å². The van der Waals surface area contributed by atoms with Crippen molar-refractivity contribution in [2.75, 3.05) is 13.1 Å². The van der Waals surface area contributed by atoms with E-state index in [1.54, 1.807) is 17.0 Å². The van der Waals surface area contributed by atoms with Crippen LogP contribution in [-0.4, -0.2) is 49.6 Å². The topological polar surface area (TPSA) is 80.5 Å². The molecule has 0 unspecified atom stereocenters. The van der Waals surface area contributed by atoms with Gasteiger partial charge in [-0.2, -0.15) is 0 Å². The van der Waals surface area contributed by atoms with Crippen molar-refractivity contribution in [3.8, 4) is 17.0 Å². The number of rotatable bonds is 2. The summed E-state index contributed by atoms with van der Waals surface area (Å²) in [6.07, 6.45) is 1.52. The molecule has 0 radical (unpaired) electrons. The van der Waals surface area contributed by atoms with Crippen molar-refractivity contribution in [2.24, 2.45) is 7.05 Å². The van der Waals surface area contributed by atoms with Gasteiger partial charge in [-0.05, 0) is 57.9 Å². The molecule has 0 saturated carbocycles. The third-order valence-electron chi connectivity index (χ3n) is 5.58. The second-order valence-electron chi connectivity index (χ2n) is 8.89. The van der Waals surface area contributed by atoms with Crippen molar-refractivity contribution in [3.05, 3.63) is 42.1 Å². The monoisotopic (exact) mass is 408 g/mol. The third kappa shape index (κ3) is 3.97. The number of para-hydroxylation sites is 1. The summed E-state index contributed by atoms with van der Waals surface area (Å²) < 4.78 is 7.65. The van der Waals surface area contributed by atoms with Crippen LogP contribution in [0, 0.1) is 0 Å². The van der Waals surface area contributed by atoms with E-state index in [0.29, 0.717) is 30.3 Å². The molecule has 3 aromatic rings. The minimum atomic E-state index is -0.479. The van der Waals surface area contributed by atoms with Gasteiger partial charge >= 0.3 is 6.09 Å². The molecule has 1 aliphatic rings. The van der Waals surface area contributed by atoms with Crippen molar-refractivity contribution < 1.29 is 14.6 Å². The van der Waals surface area contributed by atoms with Crippen LogP contribution < -0.4 is 0 Å². The van der Waals surface area contributed by atoms with Crippen molar-refractivity contribution in [2.45, 2.75) is 45.1 Å². The normalized spacial score (nSPS) is 15.5. The first-order valence-corrected chi connectivity index (χ1v) is 10.3. The maximum atomic E-state index is 12.3. The SMILES string of the molecule is Cn1c(C2CCN(C(=O)OC(C)(C)C)CC2)cc2nnc(-c3ccccc3O)cc21. The van der Waals surface area contributed by atoms with Gasteiger partial charge in [0.1, 0.15) is 16.9 Å². The Labute approximate surface area is 176 Å². The number of hydrogen-bond acceptors (Lipinski definition) is 5. The molecule has 1 saturated heterocycles. The summed E-state index contributed by atoms with van der Waals surface area (Å²) in [6, 6.07) is 11.2. The lowest BCUT2D eigenvalue weighted by Crippen LogP contribution is -2.41. The van der Waals surface area contributed by atoms with Gasteiger partial charge in [-0.25, -0.2) is 4.79 Å². The summed E-state index contributed by atoms with van der Waals surface area (Å²) in [6.45, 7) is 7.01. The molecule has 158 valence electrons. The second kappa shape index (κ2) is 7.63. The number of aromatic nitrogens is 3. The molecule has 1 aromatic carbocycles. The van der Waals surface area contributed by atoms with Gasteiger partial charge in [0.2, 0.25) is 0 Å². The highest BCUT2D eigenvalue weighted by Gasteiger charge is 2.29. The van der Waals surface area contributed by atoms with E-state index in [1.807, 2.05) is 46.0 Å². The molecule has 1 N–H and O–H groups in total. The number of nitrogens with zero attached hydrogens (tertiary/aromatic N) is 4. The molecule has 0 aliphatic carbocycles. The number of piperidine rings is 1.